The summed E-state index contributed by atoms with van der Waals surface area (Å²) in [6.07, 6.45) is -1.46. The lowest BCUT2D eigenvalue weighted by Crippen LogP contribution is -2.59. The van der Waals surface area contributed by atoms with Gasteiger partial charge in [0.1, 0.15) is 6.10 Å². The first-order valence-electron chi connectivity index (χ1n) is 3.22. The SMILES string of the molecule is CC(C)C(O)C(N)(O)C(=O)O. The highest BCUT2D eigenvalue weighted by Crippen LogP contribution is 2.12. The van der Waals surface area contributed by atoms with Gasteiger partial charge >= 0.3 is 5.97 Å². The Morgan fingerprint density at radius 3 is 2.00 bits per heavy atom. The molecule has 0 aliphatic heterocycles. The minimum atomic E-state index is -2.55. The van der Waals surface area contributed by atoms with E-state index in [1.807, 2.05) is 0 Å². The van der Waals surface area contributed by atoms with E-state index in [-0.39, 0.29) is 0 Å². The molecule has 0 aliphatic carbocycles. The highest BCUT2D eigenvalue weighted by Gasteiger charge is 2.40. The summed E-state index contributed by atoms with van der Waals surface area (Å²) in [5.41, 5.74) is 2.36. The molecule has 66 valence electrons. The van der Waals surface area contributed by atoms with Crippen LogP contribution in [-0.4, -0.2) is 33.1 Å². The van der Waals surface area contributed by atoms with Gasteiger partial charge < -0.3 is 15.3 Å². The fourth-order valence-electron chi connectivity index (χ4n) is 0.635. The van der Waals surface area contributed by atoms with Crippen molar-refractivity contribution in [3.8, 4) is 0 Å². The third-order valence-corrected chi connectivity index (χ3v) is 1.42. The Kier molecular flexibility index (Phi) is 2.98. The molecule has 0 saturated heterocycles. The van der Waals surface area contributed by atoms with Gasteiger partial charge in [0, 0.05) is 0 Å². The van der Waals surface area contributed by atoms with Crippen LogP contribution in [0, 0.1) is 5.92 Å². The van der Waals surface area contributed by atoms with Crippen LogP contribution in [0.5, 0.6) is 0 Å². The van der Waals surface area contributed by atoms with Crippen LogP contribution in [0.1, 0.15) is 13.8 Å². The summed E-state index contributed by atoms with van der Waals surface area (Å²) in [5.74, 6) is -2.03. The standard InChI is InChI=1S/C6H13NO4/c1-3(2)4(8)6(7,11)5(9)10/h3-4,8,11H,7H2,1-2H3,(H,9,10). The van der Waals surface area contributed by atoms with Crippen molar-refractivity contribution < 1.29 is 20.1 Å². The topological polar surface area (TPSA) is 104 Å². The number of aliphatic carboxylic acids is 1. The number of aliphatic hydroxyl groups excluding tert-OH is 1. The summed E-state index contributed by atoms with van der Waals surface area (Å²) >= 11 is 0. The van der Waals surface area contributed by atoms with E-state index >= 15 is 0 Å². The predicted molar refractivity (Wildman–Crippen MR) is 37.6 cm³/mol. The fraction of sp³-hybridized carbons (Fsp3) is 0.833. The highest BCUT2D eigenvalue weighted by atomic mass is 16.4. The van der Waals surface area contributed by atoms with Crippen molar-refractivity contribution in [3.05, 3.63) is 0 Å². The Bertz CT molecular complexity index is 155. The Labute approximate surface area is 64.4 Å². The average molecular weight is 163 g/mol. The molecule has 5 heteroatoms. The second kappa shape index (κ2) is 3.17. The van der Waals surface area contributed by atoms with E-state index in [9.17, 15) is 4.79 Å². The summed E-state index contributed by atoms with van der Waals surface area (Å²) in [7, 11) is 0. The zero-order valence-corrected chi connectivity index (χ0v) is 6.48. The monoisotopic (exact) mass is 163 g/mol. The molecule has 0 spiro atoms. The molecule has 0 aromatic carbocycles. The molecule has 2 unspecified atom stereocenters. The maximum absolute atomic E-state index is 10.2. The second-order valence-corrected chi connectivity index (χ2v) is 2.82. The highest BCUT2D eigenvalue weighted by molar-refractivity contribution is 5.77. The number of hydrogen-bond acceptors (Lipinski definition) is 4. The maximum atomic E-state index is 10.2. The van der Waals surface area contributed by atoms with Crippen molar-refractivity contribution in [2.45, 2.75) is 25.7 Å². The number of carboxylic acid groups (broad SMARTS) is 1. The maximum Gasteiger partial charge on any atom is 0.353 e. The van der Waals surface area contributed by atoms with Crippen LogP contribution in [0.4, 0.5) is 0 Å². The van der Waals surface area contributed by atoms with Gasteiger partial charge in [-0.05, 0) is 5.92 Å². The summed E-state index contributed by atoms with van der Waals surface area (Å²) in [4.78, 5) is 10.2. The predicted octanol–water partition coefficient (Wildman–Crippen LogP) is -1.26. The van der Waals surface area contributed by atoms with E-state index in [1.54, 1.807) is 13.8 Å². The molecule has 0 fully saturated rings. The first kappa shape index (κ1) is 10.3. The van der Waals surface area contributed by atoms with E-state index in [1.165, 1.54) is 0 Å². The average Bonchev–Trinajstić information content (AvgIpc) is 1.85. The number of rotatable bonds is 3. The van der Waals surface area contributed by atoms with Gasteiger partial charge in [-0.1, -0.05) is 13.8 Å². The first-order valence-corrected chi connectivity index (χ1v) is 3.22. The molecular formula is C6H13NO4. The van der Waals surface area contributed by atoms with Gasteiger partial charge in [0.2, 0.25) is 5.72 Å². The van der Waals surface area contributed by atoms with Crippen molar-refractivity contribution in [2.24, 2.45) is 11.7 Å². The van der Waals surface area contributed by atoms with E-state index in [2.05, 4.69) is 0 Å². The molecule has 0 aromatic heterocycles. The molecule has 0 amide bonds. The largest absolute Gasteiger partial charge is 0.478 e. The molecule has 0 radical (unpaired) electrons. The van der Waals surface area contributed by atoms with Crippen molar-refractivity contribution in [2.75, 3.05) is 0 Å². The van der Waals surface area contributed by atoms with E-state index < -0.39 is 23.7 Å². The van der Waals surface area contributed by atoms with Gasteiger partial charge in [-0.2, -0.15) is 0 Å². The van der Waals surface area contributed by atoms with E-state index in [4.69, 9.17) is 21.1 Å². The Hall–Kier alpha value is -0.650. The van der Waals surface area contributed by atoms with Gasteiger partial charge in [0.15, 0.2) is 0 Å². The van der Waals surface area contributed by atoms with Crippen LogP contribution in [0.3, 0.4) is 0 Å². The van der Waals surface area contributed by atoms with Crippen LogP contribution < -0.4 is 5.73 Å². The van der Waals surface area contributed by atoms with Gasteiger partial charge in [-0.25, -0.2) is 4.79 Å². The van der Waals surface area contributed by atoms with Crippen LogP contribution in [0.15, 0.2) is 0 Å². The summed E-state index contributed by atoms with van der Waals surface area (Å²) in [6, 6.07) is 0. The quantitative estimate of drug-likeness (QED) is 0.388. The molecular weight excluding hydrogens is 150 g/mol. The van der Waals surface area contributed by atoms with Crippen LogP contribution in [0.25, 0.3) is 0 Å². The number of hydrogen-bond donors (Lipinski definition) is 4. The molecule has 0 saturated carbocycles. The van der Waals surface area contributed by atoms with Crippen molar-refractivity contribution in [1.82, 2.24) is 0 Å². The first-order chi connectivity index (χ1) is 4.80. The molecule has 0 heterocycles. The fourth-order valence-corrected chi connectivity index (χ4v) is 0.635. The lowest BCUT2D eigenvalue weighted by atomic mass is 9.97. The number of nitrogens with two attached hydrogens (primary N) is 1. The molecule has 0 rings (SSSR count). The van der Waals surface area contributed by atoms with E-state index in [0.29, 0.717) is 0 Å². The zero-order valence-electron chi connectivity index (χ0n) is 6.48. The molecule has 0 aliphatic rings. The normalized spacial score (nSPS) is 19.5. The summed E-state index contributed by atoms with van der Waals surface area (Å²) in [5, 5.41) is 26.4. The zero-order chi connectivity index (χ0) is 9.23. The third-order valence-electron chi connectivity index (χ3n) is 1.42. The minimum Gasteiger partial charge on any atom is -0.478 e. The van der Waals surface area contributed by atoms with Gasteiger partial charge in [-0.15, -0.1) is 0 Å². The summed E-state index contributed by atoms with van der Waals surface area (Å²) in [6.45, 7) is 3.12. The van der Waals surface area contributed by atoms with Crippen LogP contribution >= 0.6 is 0 Å². The van der Waals surface area contributed by atoms with E-state index in [0.717, 1.165) is 0 Å². The van der Waals surface area contributed by atoms with Crippen LogP contribution in [0.2, 0.25) is 0 Å². The second-order valence-electron chi connectivity index (χ2n) is 2.82. The molecule has 11 heavy (non-hydrogen) atoms. The molecule has 2 atom stereocenters. The lowest BCUT2D eigenvalue weighted by molar-refractivity contribution is -0.174. The number of carboxylic acids is 1. The van der Waals surface area contributed by atoms with Crippen LogP contribution in [-0.2, 0) is 4.79 Å². The Balaban J connectivity index is 4.42. The summed E-state index contributed by atoms with van der Waals surface area (Å²) < 4.78 is 0. The van der Waals surface area contributed by atoms with Gasteiger partial charge in [0.05, 0.1) is 0 Å². The number of aliphatic hydroxyl groups is 2. The van der Waals surface area contributed by atoms with Gasteiger partial charge in [0.25, 0.3) is 0 Å². The smallest absolute Gasteiger partial charge is 0.353 e. The Morgan fingerprint density at radius 2 is 1.91 bits per heavy atom. The lowest BCUT2D eigenvalue weighted by Gasteiger charge is -2.26. The van der Waals surface area contributed by atoms with Crippen molar-refractivity contribution in [1.29, 1.82) is 0 Å². The van der Waals surface area contributed by atoms with Crippen molar-refractivity contribution in [3.63, 3.8) is 0 Å². The minimum absolute atomic E-state index is 0.402. The molecule has 0 aromatic rings. The molecule has 5 N–H and O–H groups in total. The van der Waals surface area contributed by atoms with Crippen molar-refractivity contribution >= 4 is 5.97 Å². The number of carbonyl (C=O) groups is 1. The molecule has 5 nitrogen and oxygen atoms in total. The van der Waals surface area contributed by atoms with Gasteiger partial charge in [-0.3, -0.25) is 5.73 Å². The Morgan fingerprint density at radius 1 is 1.55 bits per heavy atom. The third kappa shape index (κ3) is 2.14. The molecule has 0 bridgehead atoms.